The van der Waals surface area contributed by atoms with E-state index < -0.39 is 0 Å². The maximum absolute atomic E-state index is 9.00. The van der Waals surface area contributed by atoms with Crippen molar-refractivity contribution in [2.75, 3.05) is 12.4 Å². The molecule has 0 radical (unpaired) electrons. The number of rotatable bonds is 3. The van der Waals surface area contributed by atoms with Crippen molar-refractivity contribution in [2.45, 2.75) is 37.8 Å². The van der Waals surface area contributed by atoms with Crippen LogP contribution in [0.25, 0.3) is 0 Å². The molecule has 4 heteroatoms. The van der Waals surface area contributed by atoms with E-state index in [0.29, 0.717) is 23.3 Å². The molecule has 4 nitrogen and oxygen atoms in total. The number of hydrogen-bond donors (Lipinski definition) is 1. The zero-order chi connectivity index (χ0) is 13.7. The summed E-state index contributed by atoms with van der Waals surface area (Å²) in [5.74, 6) is 0. The van der Waals surface area contributed by atoms with E-state index in [4.69, 9.17) is 15.3 Å². The Morgan fingerprint density at radius 2 is 1.79 bits per heavy atom. The first-order valence-corrected chi connectivity index (χ1v) is 6.50. The van der Waals surface area contributed by atoms with Gasteiger partial charge >= 0.3 is 0 Å². The maximum Gasteiger partial charge on any atom is 0.101 e. The van der Waals surface area contributed by atoms with E-state index in [1.165, 1.54) is 0 Å². The molecule has 0 amide bonds. The van der Waals surface area contributed by atoms with Crippen LogP contribution in [-0.2, 0) is 4.74 Å². The molecule has 0 aliphatic heterocycles. The number of nitrogens with zero attached hydrogens (tertiary/aromatic N) is 2. The minimum Gasteiger partial charge on any atom is -0.382 e. The Bertz CT molecular complexity index is 519. The van der Waals surface area contributed by atoms with Crippen molar-refractivity contribution < 1.29 is 4.74 Å². The van der Waals surface area contributed by atoms with Crippen LogP contribution >= 0.6 is 0 Å². The van der Waals surface area contributed by atoms with Gasteiger partial charge in [0.25, 0.3) is 0 Å². The molecule has 19 heavy (non-hydrogen) atoms. The SMILES string of the molecule is COC1CCC(Nc2ccc(C#N)c(C#N)c2)CC1. The zero-order valence-corrected chi connectivity index (χ0v) is 11.0. The number of nitrogens with one attached hydrogen (secondary N) is 1. The Hall–Kier alpha value is -2.04. The molecule has 0 heterocycles. The molecule has 98 valence electrons. The Balaban J connectivity index is 2.01. The Kier molecular flexibility index (Phi) is 4.39. The second kappa shape index (κ2) is 6.22. The average molecular weight is 255 g/mol. The number of nitriles is 2. The van der Waals surface area contributed by atoms with Crippen LogP contribution in [0, 0.1) is 22.7 Å². The van der Waals surface area contributed by atoms with E-state index in [2.05, 4.69) is 11.4 Å². The molecule has 0 spiro atoms. The summed E-state index contributed by atoms with van der Waals surface area (Å²) in [6, 6.07) is 9.81. The molecule has 1 aliphatic rings. The third-order valence-electron chi connectivity index (χ3n) is 3.64. The minimum atomic E-state index is 0.383. The van der Waals surface area contributed by atoms with E-state index in [1.54, 1.807) is 19.2 Å². The summed E-state index contributed by atoms with van der Waals surface area (Å²) < 4.78 is 5.35. The quantitative estimate of drug-likeness (QED) is 0.901. The molecule has 2 rings (SSSR count). The lowest BCUT2D eigenvalue weighted by Gasteiger charge is -2.29. The molecule has 0 saturated heterocycles. The lowest BCUT2D eigenvalue weighted by molar-refractivity contribution is 0.0682. The maximum atomic E-state index is 9.00. The van der Waals surface area contributed by atoms with Crippen LogP contribution in [0.15, 0.2) is 18.2 Å². The third-order valence-corrected chi connectivity index (χ3v) is 3.64. The van der Waals surface area contributed by atoms with Crippen molar-refractivity contribution in [3.63, 3.8) is 0 Å². The number of hydrogen-bond acceptors (Lipinski definition) is 4. The summed E-state index contributed by atoms with van der Waals surface area (Å²) in [5, 5.41) is 21.3. The van der Waals surface area contributed by atoms with Gasteiger partial charge < -0.3 is 10.1 Å². The monoisotopic (exact) mass is 255 g/mol. The molecule has 1 aromatic rings. The van der Waals surface area contributed by atoms with Crippen LogP contribution in [0.5, 0.6) is 0 Å². The highest BCUT2D eigenvalue weighted by molar-refractivity contribution is 5.56. The van der Waals surface area contributed by atoms with Gasteiger partial charge in [-0.3, -0.25) is 0 Å². The average Bonchev–Trinajstić information content (AvgIpc) is 2.48. The summed E-state index contributed by atoms with van der Waals surface area (Å²) >= 11 is 0. The summed E-state index contributed by atoms with van der Waals surface area (Å²) in [5.41, 5.74) is 1.77. The van der Waals surface area contributed by atoms with Crippen molar-refractivity contribution in [1.82, 2.24) is 0 Å². The van der Waals surface area contributed by atoms with E-state index in [1.807, 2.05) is 12.1 Å². The van der Waals surface area contributed by atoms with E-state index in [9.17, 15) is 0 Å². The van der Waals surface area contributed by atoms with E-state index in [0.717, 1.165) is 31.4 Å². The Morgan fingerprint density at radius 3 is 2.37 bits per heavy atom. The van der Waals surface area contributed by atoms with Crippen molar-refractivity contribution >= 4 is 5.69 Å². The van der Waals surface area contributed by atoms with Crippen LogP contribution in [-0.4, -0.2) is 19.3 Å². The zero-order valence-electron chi connectivity index (χ0n) is 11.0. The number of methoxy groups -OCH3 is 1. The van der Waals surface area contributed by atoms with Gasteiger partial charge in [-0.15, -0.1) is 0 Å². The Morgan fingerprint density at radius 1 is 1.11 bits per heavy atom. The first-order valence-electron chi connectivity index (χ1n) is 6.50. The Labute approximate surface area is 113 Å². The molecular formula is C15H17N3O. The molecule has 0 aromatic heterocycles. The number of anilines is 1. The summed E-state index contributed by atoms with van der Waals surface area (Å²) in [6.45, 7) is 0. The molecular weight excluding hydrogens is 238 g/mol. The standard InChI is InChI=1S/C15H17N3O/c1-19-15-6-4-13(5-7-15)18-14-3-2-11(9-16)12(8-14)10-17/h2-3,8,13,15,18H,4-7H2,1H3. The van der Waals surface area contributed by atoms with Gasteiger partial charge in [0.05, 0.1) is 17.2 Å². The van der Waals surface area contributed by atoms with Crippen LogP contribution in [0.3, 0.4) is 0 Å². The molecule has 1 saturated carbocycles. The highest BCUT2D eigenvalue weighted by Crippen LogP contribution is 2.24. The van der Waals surface area contributed by atoms with Gasteiger partial charge in [-0.2, -0.15) is 10.5 Å². The second-order valence-corrected chi connectivity index (χ2v) is 4.84. The van der Waals surface area contributed by atoms with Gasteiger partial charge in [-0.25, -0.2) is 0 Å². The van der Waals surface area contributed by atoms with Crippen molar-refractivity contribution in [3.05, 3.63) is 29.3 Å². The second-order valence-electron chi connectivity index (χ2n) is 4.84. The normalized spacial score (nSPS) is 22.3. The van der Waals surface area contributed by atoms with Gasteiger partial charge in [0, 0.05) is 18.8 Å². The summed E-state index contributed by atoms with van der Waals surface area (Å²) in [4.78, 5) is 0. The fourth-order valence-corrected chi connectivity index (χ4v) is 2.50. The molecule has 1 fully saturated rings. The van der Waals surface area contributed by atoms with Gasteiger partial charge in [0.2, 0.25) is 0 Å². The van der Waals surface area contributed by atoms with E-state index >= 15 is 0 Å². The van der Waals surface area contributed by atoms with Crippen molar-refractivity contribution in [2.24, 2.45) is 0 Å². The molecule has 1 aromatic carbocycles. The van der Waals surface area contributed by atoms with Gasteiger partial charge in [0.15, 0.2) is 0 Å². The van der Waals surface area contributed by atoms with E-state index in [-0.39, 0.29) is 0 Å². The van der Waals surface area contributed by atoms with Gasteiger partial charge in [-0.05, 0) is 43.9 Å². The topological polar surface area (TPSA) is 68.8 Å². The first kappa shape index (κ1) is 13.4. The van der Waals surface area contributed by atoms with Crippen LogP contribution in [0.2, 0.25) is 0 Å². The highest BCUT2D eigenvalue weighted by Gasteiger charge is 2.20. The summed E-state index contributed by atoms with van der Waals surface area (Å²) in [6.07, 6.45) is 4.65. The first-order chi connectivity index (χ1) is 9.26. The molecule has 1 N–H and O–H groups in total. The third kappa shape index (κ3) is 3.24. The largest absolute Gasteiger partial charge is 0.382 e. The van der Waals surface area contributed by atoms with Gasteiger partial charge in [-0.1, -0.05) is 0 Å². The van der Waals surface area contributed by atoms with Crippen LogP contribution in [0.4, 0.5) is 5.69 Å². The predicted octanol–water partition coefficient (Wildman–Crippen LogP) is 2.80. The molecule has 0 bridgehead atoms. The lowest BCUT2D eigenvalue weighted by atomic mass is 9.92. The molecule has 0 unspecified atom stereocenters. The fraction of sp³-hybridized carbons (Fsp3) is 0.467. The number of ether oxygens (including phenoxy) is 1. The predicted molar refractivity (Wildman–Crippen MR) is 72.5 cm³/mol. The highest BCUT2D eigenvalue weighted by atomic mass is 16.5. The van der Waals surface area contributed by atoms with Crippen LogP contribution < -0.4 is 5.32 Å². The smallest absolute Gasteiger partial charge is 0.101 e. The lowest BCUT2D eigenvalue weighted by Crippen LogP contribution is -2.29. The van der Waals surface area contributed by atoms with Crippen molar-refractivity contribution in [3.8, 4) is 12.1 Å². The van der Waals surface area contributed by atoms with Crippen molar-refractivity contribution in [1.29, 1.82) is 10.5 Å². The molecule has 1 aliphatic carbocycles. The number of benzene rings is 1. The minimum absolute atomic E-state index is 0.383. The fourth-order valence-electron chi connectivity index (χ4n) is 2.50. The molecule has 0 atom stereocenters. The summed E-state index contributed by atoms with van der Waals surface area (Å²) in [7, 11) is 1.76. The van der Waals surface area contributed by atoms with Crippen LogP contribution in [0.1, 0.15) is 36.8 Å². The van der Waals surface area contributed by atoms with Gasteiger partial charge in [0.1, 0.15) is 12.1 Å².